The highest BCUT2D eigenvalue weighted by atomic mass is 16.5. The summed E-state index contributed by atoms with van der Waals surface area (Å²) in [6, 6.07) is 4.06. The highest BCUT2D eigenvalue weighted by molar-refractivity contribution is 6.08. The quantitative estimate of drug-likeness (QED) is 0.534. The van der Waals surface area contributed by atoms with Gasteiger partial charge in [-0.2, -0.15) is 0 Å². The minimum Gasteiger partial charge on any atom is -0.504 e. The van der Waals surface area contributed by atoms with E-state index < -0.39 is 5.97 Å². The number of aliphatic imine (C=N–C) groups is 1. The molecule has 0 aliphatic carbocycles. The summed E-state index contributed by atoms with van der Waals surface area (Å²) in [7, 11) is 0. The number of esters is 1. The average molecular weight is 205 g/mol. The largest absolute Gasteiger partial charge is 0.504 e. The van der Waals surface area contributed by atoms with Crippen LogP contribution in [0.15, 0.2) is 35.3 Å². The molecule has 2 rings (SSSR count). The first-order valence-corrected chi connectivity index (χ1v) is 4.16. The maximum Gasteiger partial charge on any atom is 0.337 e. The zero-order valence-corrected chi connectivity index (χ0v) is 7.54. The summed E-state index contributed by atoms with van der Waals surface area (Å²) in [5, 5.41) is 18.2. The van der Waals surface area contributed by atoms with Crippen LogP contribution in [0.2, 0.25) is 0 Å². The fourth-order valence-corrected chi connectivity index (χ4v) is 1.08. The van der Waals surface area contributed by atoms with Gasteiger partial charge < -0.3 is 14.9 Å². The van der Waals surface area contributed by atoms with Gasteiger partial charge in [-0.1, -0.05) is 0 Å². The summed E-state index contributed by atoms with van der Waals surface area (Å²) in [6.45, 7) is 0. The van der Waals surface area contributed by atoms with Crippen molar-refractivity contribution in [1.29, 1.82) is 0 Å². The zero-order valence-electron chi connectivity index (χ0n) is 7.54. The summed E-state index contributed by atoms with van der Waals surface area (Å²) < 4.78 is 4.69. The van der Waals surface area contributed by atoms with E-state index in [1.807, 2.05) is 0 Å². The number of aromatic hydroxyl groups is 2. The topological polar surface area (TPSA) is 79.1 Å². The molecule has 0 amide bonds. The molecule has 0 fully saturated rings. The predicted molar refractivity (Wildman–Crippen MR) is 52.1 cm³/mol. The standard InChI is InChI=1S/C10H7NO4/c12-7-2-1-6(5-8(7)13)11-9-3-4-10(14)15-9/h1-5,12-13H. The van der Waals surface area contributed by atoms with Gasteiger partial charge in [0.25, 0.3) is 0 Å². The molecule has 15 heavy (non-hydrogen) atoms. The zero-order chi connectivity index (χ0) is 10.8. The van der Waals surface area contributed by atoms with Crippen LogP contribution in [0.4, 0.5) is 5.69 Å². The molecule has 0 aromatic heterocycles. The summed E-state index contributed by atoms with van der Waals surface area (Å²) in [4.78, 5) is 14.6. The van der Waals surface area contributed by atoms with Crippen molar-refractivity contribution < 1.29 is 19.7 Å². The van der Waals surface area contributed by atoms with Crippen molar-refractivity contribution in [2.45, 2.75) is 0 Å². The Balaban J connectivity index is 2.28. The Hall–Kier alpha value is -2.30. The van der Waals surface area contributed by atoms with Crippen molar-refractivity contribution in [3.8, 4) is 11.5 Å². The lowest BCUT2D eigenvalue weighted by Crippen LogP contribution is -1.98. The number of ether oxygens (including phenoxy) is 1. The van der Waals surface area contributed by atoms with E-state index in [4.69, 9.17) is 9.84 Å². The average Bonchev–Trinajstić information content (AvgIpc) is 2.58. The summed E-state index contributed by atoms with van der Waals surface area (Å²) >= 11 is 0. The molecule has 1 heterocycles. The van der Waals surface area contributed by atoms with E-state index in [2.05, 4.69) is 4.99 Å². The van der Waals surface area contributed by atoms with Gasteiger partial charge in [0.05, 0.1) is 5.69 Å². The molecule has 0 spiro atoms. The Labute approximate surface area is 85.0 Å². The Kier molecular flexibility index (Phi) is 2.13. The van der Waals surface area contributed by atoms with Crippen LogP contribution < -0.4 is 0 Å². The highest BCUT2D eigenvalue weighted by Gasteiger charge is 2.11. The van der Waals surface area contributed by atoms with Crippen LogP contribution in [-0.4, -0.2) is 22.1 Å². The fourth-order valence-electron chi connectivity index (χ4n) is 1.08. The van der Waals surface area contributed by atoms with Gasteiger partial charge in [-0.15, -0.1) is 0 Å². The number of phenolic OH excluding ortho intramolecular Hbond substituents is 2. The molecule has 76 valence electrons. The van der Waals surface area contributed by atoms with E-state index in [-0.39, 0.29) is 17.4 Å². The van der Waals surface area contributed by atoms with Gasteiger partial charge in [-0.05, 0) is 12.1 Å². The van der Waals surface area contributed by atoms with Crippen molar-refractivity contribution in [3.05, 3.63) is 30.4 Å². The first kappa shape index (κ1) is 9.26. The lowest BCUT2D eigenvalue weighted by molar-refractivity contribution is -0.129. The third-order valence-electron chi connectivity index (χ3n) is 1.77. The van der Waals surface area contributed by atoms with Crippen molar-refractivity contribution in [3.63, 3.8) is 0 Å². The second kappa shape index (κ2) is 3.45. The van der Waals surface area contributed by atoms with Gasteiger partial charge >= 0.3 is 5.97 Å². The molecule has 1 aliphatic heterocycles. The van der Waals surface area contributed by atoms with E-state index in [0.29, 0.717) is 5.69 Å². The lowest BCUT2D eigenvalue weighted by Gasteiger charge is -1.99. The van der Waals surface area contributed by atoms with Crippen LogP contribution in [-0.2, 0) is 9.53 Å². The SMILES string of the molecule is O=C1C=CC(=Nc2ccc(O)c(O)c2)O1. The molecule has 0 radical (unpaired) electrons. The molecule has 5 heteroatoms. The third kappa shape index (κ3) is 1.96. The normalized spacial score (nSPS) is 17.1. The van der Waals surface area contributed by atoms with Crippen LogP contribution in [0.3, 0.4) is 0 Å². The monoisotopic (exact) mass is 205 g/mol. The van der Waals surface area contributed by atoms with E-state index in [9.17, 15) is 9.90 Å². The molecule has 0 bridgehead atoms. The number of carbonyl (C=O) groups excluding carboxylic acids is 1. The number of cyclic esters (lactones) is 1. The second-order valence-corrected chi connectivity index (χ2v) is 2.88. The van der Waals surface area contributed by atoms with E-state index >= 15 is 0 Å². The molecular weight excluding hydrogens is 198 g/mol. The van der Waals surface area contributed by atoms with Crippen LogP contribution in [0.5, 0.6) is 11.5 Å². The van der Waals surface area contributed by atoms with Gasteiger partial charge in [-0.25, -0.2) is 9.79 Å². The third-order valence-corrected chi connectivity index (χ3v) is 1.77. The van der Waals surface area contributed by atoms with Crippen LogP contribution >= 0.6 is 0 Å². The summed E-state index contributed by atoms with van der Waals surface area (Å²) in [5.41, 5.74) is 0.389. The predicted octanol–water partition coefficient (Wildman–Crippen LogP) is 1.24. The maximum absolute atomic E-state index is 10.7. The number of rotatable bonds is 1. The minimum atomic E-state index is -0.475. The van der Waals surface area contributed by atoms with Crippen LogP contribution in [0.25, 0.3) is 0 Å². The van der Waals surface area contributed by atoms with Gasteiger partial charge in [0.15, 0.2) is 11.5 Å². The number of nitrogens with zero attached hydrogens (tertiary/aromatic N) is 1. The molecule has 0 saturated heterocycles. The molecule has 2 N–H and O–H groups in total. The van der Waals surface area contributed by atoms with Crippen molar-refractivity contribution in [2.24, 2.45) is 4.99 Å². The minimum absolute atomic E-state index is 0.157. The summed E-state index contributed by atoms with van der Waals surface area (Å²) in [5.74, 6) is -0.815. The number of phenols is 2. The molecule has 0 atom stereocenters. The Morgan fingerprint density at radius 3 is 2.53 bits per heavy atom. The molecule has 0 saturated carbocycles. The molecule has 1 aromatic rings. The number of carbonyl (C=O) groups is 1. The summed E-state index contributed by atoms with van der Waals surface area (Å²) in [6.07, 6.45) is 2.67. The Morgan fingerprint density at radius 1 is 1.13 bits per heavy atom. The maximum atomic E-state index is 10.7. The smallest absolute Gasteiger partial charge is 0.337 e. The van der Waals surface area contributed by atoms with E-state index in [1.54, 1.807) is 0 Å². The van der Waals surface area contributed by atoms with E-state index in [0.717, 1.165) is 0 Å². The van der Waals surface area contributed by atoms with Crippen LogP contribution in [0.1, 0.15) is 0 Å². The first-order chi connectivity index (χ1) is 7.15. The lowest BCUT2D eigenvalue weighted by atomic mass is 10.3. The molecule has 1 aliphatic rings. The highest BCUT2D eigenvalue weighted by Crippen LogP contribution is 2.29. The van der Waals surface area contributed by atoms with Crippen molar-refractivity contribution in [1.82, 2.24) is 0 Å². The fraction of sp³-hybridized carbons (Fsp3) is 0. The molecule has 5 nitrogen and oxygen atoms in total. The number of hydrogen-bond acceptors (Lipinski definition) is 5. The Bertz CT molecular complexity index is 476. The van der Waals surface area contributed by atoms with Gasteiger partial charge in [0.2, 0.25) is 5.90 Å². The number of hydrogen-bond donors (Lipinski definition) is 2. The van der Waals surface area contributed by atoms with Gasteiger partial charge in [-0.3, -0.25) is 0 Å². The Morgan fingerprint density at radius 2 is 1.93 bits per heavy atom. The van der Waals surface area contributed by atoms with Crippen molar-refractivity contribution in [2.75, 3.05) is 0 Å². The first-order valence-electron chi connectivity index (χ1n) is 4.16. The number of benzene rings is 1. The molecular formula is C10H7NO4. The van der Waals surface area contributed by atoms with Gasteiger partial charge in [0, 0.05) is 18.2 Å². The second-order valence-electron chi connectivity index (χ2n) is 2.88. The van der Waals surface area contributed by atoms with Crippen LogP contribution in [0, 0.1) is 0 Å². The van der Waals surface area contributed by atoms with Gasteiger partial charge in [0.1, 0.15) is 0 Å². The molecule has 0 unspecified atom stereocenters. The van der Waals surface area contributed by atoms with E-state index in [1.165, 1.54) is 30.4 Å². The van der Waals surface area contributed by atoms with Crippen molar-refractivity contribution >= 4 is 17.6 Å². The molecule has 1 aromatic carbocycles.